The summed E-state index contributed by atoms with van der Waals surface area (Å²) < 4.78 is 5.50. The number of hydrogen-bond donors (Lipinski definition) is 1. The van der Waals surface area contributed by atoms with Gasteiger partial charge in [-0.25, -0.2) is 0 Å². The Morgan fingerprint density at radius 1 is 1.53 bits per heavy atom. The highest BCUT2D eigenvalue weighted by Crippen LogP contribution is 2.15. The normalized spacial score (nSPS) is 12.9. The van der Waals surface area contributed by atoms with Gasteiger partial charge in [0.2, 0.25) is 0 Å². The predicted molar refractivity (Wildman–Crippen MR) is 60.1 cm³/mol. The molecule has 1 aromatic carbocycles. The number of rotatable bonds is 5. The van der Waals surface area contributed by atoms with E-state index in [9.17, 15) is 5.11 Å². The molecule has 1 aromatic rings. The van der Waals surface area contributed by atoms with Gasteiger partial charge in [-0.15, -0.1) is 0 Å². The number of aliphatic hydroxyl groups is 1. The molecule has 15 heavy (non-hydrogen) atoms. The number of benzene rings is 1. The van der Waals surface area contributed by atoms with Crippen LogP contribution in [-0.4, -0.2) is 43.4 Å². The third-order valence-electron chi connectivity index (χ3n) is 2.03. The van der Waals surface area contributed by atoms with Gasteiger partial charge < -0.3 is 14.7 Å². The fraction of sp³-hybridized carbons (Fsp3) is 0.500. The highest BCUT2D eigenvalue weighted by molar-refractivity contribution is 5.31. The number of hydrogen-bond acceptors (Lipinski definition) is 3. The van der Waals surface area contributed by atoms with Crippen LogP contribution in [0.1, 0.15) is 5.56 Å². The van der Waals surface area contributed by atoms with Gasteiger partial charge in [-0.3, -0.25) is 0 Å². The second-order valence-corrected chi connectivity index (χ2v) is 3.92. The minimum atomic E-state index is -0.455. The van der Waals surface area contributed by atoms with Gasteiger partial charge in [0.15, 0.2) is 0 Å². The lowest BCUT2D eigenvalue weighted by atomic mass is 10.2. The molecular formula is C12H18NO2. The van der Waals surface area contributed by atoms with E-state index in [1.165, 1.54) is 0 Å². The summed E-state index contributed by atoms with van der Waals surface area (Å²) in [5.41, 5.74) is 1.04. The van der Waals surface area contributed by atoms with Crippen molar-refractivity contribution in [2.24, 2.45) is 0 Å². The van der Waals surface area contributed by atoms with Crippen LogP contribution in [0.15, 0.2) is 18.2 Å². The summed E-state index contributed by atoms with van der Waals surface area (Å²) in [6.07, 6.45) is -0.455. The Hall–Kier alpha value is -1.06. The van der Waals surface area contributed by atoms with Crippen LogP contribution in [-0.2, 0) is 0 Å². The molecule has 0 aromatic heterocycles. The fourth-order valence-corrected chi connectivity index (χ4v) is 1.32. The largest absolute Gasteiger partial charge is 0.491 e. The van der Waals surface area contributed by atoms with Crippen molar-refractivity contribution < 1.29 is 9.84 Å². The van der Waals surface area contributed by atoms with E-state index in [-0.39, 0.29) is 0 Å². The van der Waals surface area contributed by atoms with Gasteiger partial charge >= 0.3 is 0 Å². The summed E-state index contributed by atoms with van der Waals surface area (Å²) in [5.74, 6) is 0.812. The molecule has 0 saturated carbocycles. The van der Waals surface area contributed by atoms with Gasteiger partial charge in [-0.2, -0.15) is 0 Å². The molecule has 3 heteroatoms. The Morgan fingerprint density at radius 2 is 2.27 bits per heavy atom. The van der Waals surface area contributed by atoms with Crippen LogP contribution in [0.2, 0.25) is 0 Å². The molecule has 1 atom stereocenters. The highest BCUT2D eigenvalue weighted by atomic mass is 16.5. The third-order valence-corrected chi connectivity index (χ3v) is 2.03. The summed E-state index contributed by atoms with van der Waals surface area (Å²) >= 11 is 0. The number of likely N-dealkylation sites (N-methyl/N-ethyl adjacent to an activating group) is 1. The molecule has 0 bridgehead atoms. The topological polar surface area (TPSA) is 32.7 Å². The van der Waals surface area contributed by atoms with E-state index in [0.29, 0.717) is 13.2 Å². The van der Waals surface area contributed by atoms with Crippen LogP contribution < -0.4 is 4.74 Å². The van der Waals surface area contributed by atoms with Gasteiger partial charge in [0.25, 0.3) is 0 Å². The molecule has 1 rings (SSSR count). The van der Waals surface area contributed by atoms with E-state index in [1.54, 1.807) is 6.07 Å². The number of aliphatic hydroxyl groups excluding tert-OH is 1. The Balaban J connectivity index is 2.40. The lowest BCUT2D eigenvalue weighted by Crippen LogP contribution is -2.30. The summed E-state index contributed by atoms with van der Waals surface area (Å²) in [6.45, 7) is 2.89. The van der Waals surface area contributed by atoms with E-state index < -0.39 is 6.10 Å². The van der Waals surface area contributed by atoms with Gasteiger partial charge in [-0.1, -0.05) is 6.07 Å². The minimum absolute atomic E-state index is 0.322. The van der Waals surface area contributed by atoms with Crippen molar-refractivity contribution in [1.29, 1.82) is 0 Å². The average molecular weight is 208 g/mol. The second kappa shape index (κ2) is 5.73. The molecular weight excluding hydrogens is 190 g/mol. The van der Waals surface area contributed by atoms with Crippen molar-refractivity contribution in [3.63, 3.8) is 0 Å². The third kappa shape index (κ3) is 4.32. The van der Waals surface area contributed by atoms with E-state index in [4.69, 9.17) is 4.74 Å². The van der Waals surface area contributed by atoms with Crippen molar-refractivity contribution in [3.05, 3.63) is 29.8 Å². The van der Waals surface area contributed by atoms with Crippen molar-refractivity contribution in [3.8, 4) is 5.75 Å². The van der Waals surface area contributed by atoms with Crippen LogP contribution in [0.25, 0.3) is 0 Å². The molecule has 0 heterocycles. The SMILES string of the molecule is Cc1c[c]ccc1OCC(O)CN(C)C. The fourth-order valence-electron chi connectivity index (χ4n) is 1.32. The lowest BCUT2D eigenvalue weighted by molar-refractivity contribution is 0.0828. The number of aryl methyl sites for hydroxylation is 1. The van der Waals surface area contributed by atoms with Gasteiger partial charge in [-0.05, 0) is 44.8 Å². The first-order valence-corrected chi connectivity index (χ1v) is 5.02. The molecule has 1 unspecified atom stereocenters. The maximum absolute atomic E-state index is 9.60. The first-order chi connectivity index (χ1) is 7.09. The van der Waals surface area contributed by atoms with Crippen LogP contribution in [0.4, 0.5) is 0 Å². The zero-order valence-electron chi connectivity index (χ0n) is 9.53. The summed E-state index contributed by atoms with van der Waals surface area (Å²) in [7, 11) is 3.85. The quantitative estimate of drug-likeness (QED) is 0.786. The molecule has 3 nitrogen and oxygen atoms in total. The molecule has 0 saturated heterocycles. The zero-order valence-corrected chi connectivity index (χ0v) is 9.53. The van der Waals surface area contributed by atoms with E-state index in [0.717, 1.165) is 11.3 Å². The minimum Gasteiger partial charge on any atom is -0.491 e. The molecule has 0 aliphatic rings. The van der Waals surface area contributed by atoms with E-state index in [1.807, 2.05) is 38.1 Å². The zero-order chi connectivity index (χ0) is 11.3. The first-order valence-electron chi connectivity index (χ1n) is 5.02. The maximum Gasteiger partial charge on any atom is 0.122 e. The first kappa shape index (κ1) is 12.0. The molecule has 1 radical (unpaired) electrons. The summed E-state index contributed by atoms with van der Waals surface area (Å²) in [4.78, 5) is 1.93. The van der Waals surface area contributed by atoms with Crippen LogP contribution >= 0.6 is 0 Å². The van der Waals surface area contributed by atoms with E-state index in [2.05, 4.69) is 6.07 Å². The molecule has 0 fully saturated rings. The Labute approximate surface area is 91.3 Å². The lowest BCUT2D eigenvalue weighted by Gasteiger charge is -2.17. The van der Waals surface area contributed by atoms with Gasteiger partial charge in [0.1, 0.15) is 18.5 Å². The Kier molecular flexibility index (Phi) is 4.59. The predicted octanol–water partition coefficient (Wildman–Crippen LogP) is 1.10. The van der Waals surface area contributed by atoms with Crippen LogP contribution in [0.3, 0.4) is 0 Å². The average Bonchev–Trinajstić information content (AvgIpc) is 2.15. The summed E-state index contributed by atoms with van der Waals surface area (Å²) in [6, 6.07) is 8.50. The van der Waals surface area contributed by atoms with Gasteiger partial charge in [0.05, 0.1) is 0 Å². The smallest absolute Gasteiger partial charge is 0.122 e. The van der Waals surface area contributed by atoms with Crippen molar-refractivity contribution >= 4 is 0 Å². The molecule has 0 aliphatic heterocycles. The second-order valence-electron chi connectivity index (χ2n) is 3.92. The monoisotopic (exact) mass is 208 g/mol. The molecule has 0 amide bonds. The number of nitrogens with zero attached hydrogens (tertiary/aromatic N) is 1. The van der Waals surface area contributed by atoms with Crippen LogP contribution in [0, 0.1) is 13.0 Å². The van der Waals surface area contributed by atoms with Crippen molar-refractivity contribution in [2.45, 2.75) is 13.0 Å². The summed E-state index contributed by atoms with van der Waals surface area (Å²) in [5, 5.41) is 9.60. The van der Waals surface area contributed by atoms with E-state index >= 15 is 0 Å². The van der Waals surface area contributed by atoms with Crippen molar-refractivity contribution in [2.75, 3.05) is 27.2 Å². The van der Waals surface area contributed by atoms with Crippen LogP contribution in [0.5, 0.6) is 5.75 Å². The standard InChI is InChI=1S/C12H18NO2/c1-10-6-4-5-7-12(10)15-9-11(14)8-13(2)3/h5-7,11,14H,8-9H2,1-3H3. The Bertz CT molecular complexity index is 299. The molecule has 83 valence electrons. The molecule has 1 N–H and O–H groups in total. The Morgan fingerprint density at radius 3 is 2.87 bits per heavy atom. The van der Waals surface area contributed by atoms with Gasteiger partial charge in [0, 0.05) is 6.54 Å². The molecule has 0 aliphatic carbocycles. The highest BCUT2D eigenvalue weighted by Gasteiger charge is 2.07. The molecule has 0 spiro atoms. The maximum atomic E-state index is 9.60. The number of ether oxygens (including phenoxy) is 1. The van der Waals surface area contributed by atoms with Crippen molar-refractivity contribution in [1.82, 2.24) is 4.90 Å².